The minimum atomic E-state index is 0. The van der Waals surface area contributed by atoms with E-state index in [9.17, 15) is 0 Å². The zero-order valence-corrected chi connectivity index (χ0v) is 8.27. The largest absolute Gasteiger partial charge is 0.313 e. The van der Waals surface area contributed by atoms with E-state index in [-0.39, 0.29) is 17.2 Å². The molecule has 0 amide bonds. The second-order valence-electron chi connectivity index (χ2n) is 3.47. The Balaban J connectivity index is 0.000000810. The molecule has 0 aromatic carbocycles. The third kappa shape index (κ3) is 5.39. The lowest BCUT2D eigenvalue weighted by Gasteiger charge is -2.17. The summed E-state index contributed by atoms with van der Waals surface area (Å²) in [6.45, 7) is 5.29. The molecule has 0 atom stereocenters. The molecule has 0 unspecified atom stereocenters. The van der Waals surface area contributed by atoms with Crippen LogP contribution in [0.4, 0.5) is 0 Å². The molecule has 0 aromatic rings. The van der Waals surface area contributed by atoms with Gasteiger partial charge in [0.05, 0.1) is 0 Å². The maximum atomic E-state index is 4.39. The summed E-state index contributed by atoms with van der Waals surface area (Å²) in [6, 6.07) is 0.816. The van der Waals surface area contributed by atoms with E-state index in [1.807, 2.05) is 0 Å². The lowest BCUT2D eigenvalue weighted by molar-refractivity contribution is 0.590. The number of hydrogen-bond acceptors (Lipinski definition) is 2. The van der Waals surface area contributed by atoms with Crippen LogP contribution in [0.2, 0.25) is 0 Å². The summed E-state index contributed by atoms with van der Waals surface area (Å²) >= 11 is 4.39. The van der Waals surface area contributed by atoms with Crippen LogP contribution in [0.15, 0.2) is 0 Å². The van der Waals surface area contributed by atoms with E-state index in [1.54, 1.807) is 0 Å². The maximum Gasteiger partial charge on any atom is 0.0198 e. The van der Waals surface area contributed by atoms with Crippen molar-refractivity contribution in [2.45, 2.75) is 37.5 Å². The highest BCUT2D eigenvalue weighted by atomic mass is 35.5. The first-order valence-corrected chi connectivity index (χ1v) is 3.98. The molecule has 1 rings (SSSR count). The van der Waals surface area contributed by atoms with Crippen LogP contribution < -0.4 is 5.32 Å². The van der Waals surface area contributed by atoms with Crippen molar-refractivity contribution in [3.05, 3.63) is 0 Å². The van der Waals surface area contributed by atoms with E-state index in [1.165, 1.54) is 12.8 Å². The third-order valence-electron chi connectivity index (χ3n) is 1.40. The molecular formula is C7H16ClNS. The summed E-state index contributed by atoms with van der Waals surface area (Å²) in [7, 11) is 0. The van der Waals surface area contributed by atoms with Crippen LogP contribution in [0, 0.1) is 0 Å². The first-order valence-electron chi connectivity index (χ1n) is 3.54. The normalized spacial score (nSPS) is 18.3. The molecule has 1 nitrogen and oxygen atoms in total. The molecule has 0 bridgehead atoms. The highest BCUT2D eigenvalue weighted by molar-refractivity contribution is 7.81. The van der Waals surface area contributed by atoms with Gasteiger partial charge in [0.2, 0.25) is 0 Å². The van der Waals surface area contributed by atoms with Gasteiger partial charge in [0, 0.05) is 17.3 Å². The van der Waals surface area contributed by atoms with E-state index in [0.29, 0.717) is 0 Å². The van der Waals surface area contributed by atoms with Gasteiger partial charge in [-0.05, 0) is 26.7 Å². The van der Waals surface area contributed by atoms with Gasteiger partial charge in [0.1, 0.15) is 0 Å². The summed E-state index contributed by atoms with van der Waals surface area (Å²) < 4.78 is 0.155. The fraction of sp³-hybridized carbons (Fsp3) is 1.00. The predicted octanol–water partition coefficient (Wildman–Crippen LogP) is 1.87. The quantitative estimate of drug-likeness (QED) is 0.634. The molecule has 1 fully saturated rings. The van der Waals surface area contributed by atoms with Crippen molar-refractivity contribution in [2.75, 3.05) is 6.54 Å². The summed E-state index contributed by atoms with van der Waals surface area (Å²) in [5, 5.41) is 3.42. The van der Waals surface area contributed by atoms with Crippen molar-refractivity contribution < 1.29 is 0 Å². The SMILES string of the molecule is CC(C)(S)CNC1CC1.Cl. The molecular weight excluding hydrogens is 166 g/mol. The Kier molecular flexibility index (Phi) is 4.07. The molecule has 0 radical (unpaired) electrons. The van der Waals surface area contributed by atoms with Crippen molar-refractivity contribution >= 4 is 25.0 Å². The van der Waals surface area contributed by atoms with Crippen LogP contribution in [0.5, 0.6) is 0 Å². The second kappa shape index (κ2) is 3.84. The summed E-state index contributed by atoms with van der Waals surface area (Å²) in [5.74, 6) is 0. The highest BCUT2D eigenvalue weighted by Gasteiger charge is 2.22. The number of hydrogen-bond donors (Lipinski definition) is 2. The maximum absolute atomic E-state index is 4.39. The lowest BCUT2D eigenvalue weighted by Crippen LogP contribution is -2.31. The van der Waals surface area contributed by atoms with Gasteiger partial charge in [0.15, 0.2) is 0 Å². The highest BCUT2D eigenvalue weighted by Crippen LogP contribution is 2.20. The van der Waals surface area contributed by atoms with Gasteiger partial charge in [0.25, 0.3) is 0 Å². The molecule has 0 saturated heterocycles. The Hall–Kier alpha value is 0.600. The van der Waals surface area contributed by atoms with Crippen LogP contribution >= 0.6 is 25.0 Å². The standard InChI is InChI=1S/C7H15NS.ClH/c1-7(2,9)5-8-6-3-4-6;/h6,8-9H,3-5H2,1-2H3;1H. The van der Waals surface area contributed by atoms with Crippen molar-refractivity contribution in [3.63, 3.8) is 0 Å². The molecule has 1 aliphatic carbocycles. The number of rotatable bonds is 3. The number of thiol groups is 1. The van der Waals surface area contributed by atoms with Gasteiger partial charge in [-0.25, -0.2) is 0 Å². The van der Waals surface area contributed by atoms with Gasteiger partial charge < -0.3 is 5.32 Å². The molecule has 0 aliphatic heterocycles. The Morgan fingerprint density at radius 1 is 1.50 bits per heavy atom. The Morgan fingerprint density at radius 3 is 2.30 bits per heavy atom. The second-order valence-corrected chi connectivity index (χ2v) is 4.68. The first kappa shape index (κ1) is 10.6. The molecule has 1 saturated carbocycles. The Bertz CT molecular complexity index is 96.3. The van der Waals surface area contributed by atoms with Crippen molar-refractivity contribution in [1.82, 2.24) is 5.32 Å². The zero-order chi connectivity index (χ0) is 6.91. The first-order chi connectivity index (χ1) is 4.08. The fourth-order valence-electron chi connectivity index (χ4n) is 0.682. The molecule has 3 heteroatoms. The molecule has 0 heterocycles. The third-order valence-corrected chi connectivity index (χ3v) is 1.56. The van der Waals surface area contributed by atoms with E-state index in [2.05, 4.69) is 31.8 Å². The molecule has 0 spiro atoms. The topological polar surface area (TPSA) is 12.0 Å². The fourth-order valence-corrected chi connectivity index (χ4v) is 0.773. The number of halogens is 1. The molecule has 1 aliphatic rings. The van der Waals surface area contributed by atoms with E-state index in [0.717, 1.165) is 12.6 Å². The molecule has 62 valence electrons. The average molecular weight is 182 g/mol. The monoisotopic (exact) mass is 181 g/mol. The van der Waals surface area contributed by atoms with E-state index in [4.69, 9.17) is 0 Å². The average Bonchev–Trinajstić information content (AvgIpc) is 2.38. The minimum absolute atomic E-state index is 0. The van der Waals surface area contributed by atoms with Crippen LogP contribution in [0.1, 0.15) is 26.7 Å². The van der Waals surface area contributed by atoms with Crippen molar-refractivity contribution in [2.24, 2.45) is 0 Å². The summed E-state index contributed by atoms with van der Waals surface area (Å²) in [4.78, 5) is 0. The van der Waals surface area contributed by atoms with Gasteiger partial charge in [-0.2, -0.15) is 12.6 Å². The van der Waals surface area contributed by atoms with Crippen molar-refractivity contribution in [1.29, 1.82) is 0 Å². The smallest absolute Gasteiger partial charge is 0.0198 e. The van der Waals surface area contributed by atoms with E-state index < -0.39 is 0 Å². The Labute approximate surface area is 74.8 Å². The van der Waals surface area contributed by atoms with Gasteiger partial charge in [-0.3, -0.25) is 0 Å². The summed E-state index contributed by atoms with van der Waals surface area (Å²) in [5.41, 5.74) is 0. The van der Waals surface area contributed by atoms with Gasteiger partial charge in [-0.15, -0.1) is 12.4 Å². The van der Waals surface area contributed by atoms with Gasteiger partial charge >= 0.3 is 0 Å². The van der Waals surface area contributed by atoms with Crippen molar-refractivity contribution in [3.8, 4) is 0 Å². The number of nitrogens with one attached hydrogen (secondary N) is 1. The molecule has 0 aromatic heterocycles. The summed E-state index contributed by atoms with van der Waals surface area (Å²) in [6.07, 6.45) is 2.73. The lowest BCUT2D eigenvalue weighted by atomic mass is 10.2. The van der Waals surface area contributed by atoms with Crippen LogP contribution in [-0.2, 0) is 0 Å². The van der Waals surface area contributed by atoms with Crippen LogP contribution in [0.3, 0.4) is 0 Å². The zero-order valence-electron chi connectivity index (χ0n) is 6.55. The minimum Gasteiger partial charge on any atom is -0.313 e. The molecule has 1 N–H and O–H groups in total. The van der Waals surface area contributed by atoms with E-state index >= 15 is 0 Å². The Morgan fingerprint density at radius 2 is 2.00 bits per heavy atom. The van der Waals surface area contributed by atoms with Crippen LogP contribution in [-0.4, -0.2) is 17.3 Å². The predicted molar refractivity (Wildman–Crippen MR) is 51.3 cm³/mol. The van der Waals surface area contributed by atoms with Crippen LogP contribution in [0.25, 0.3) is 0 Å². The van der Waals surface area contributed by atoms with Gasteiger partial charge in [-0.1, -0.05) is 0 Å². The molecule has 10 heavy (non-hydrogen) atoms.